The number of likely N-dealkylation sites (tertiary alicyclic amines) is 1. The molecule has 1 aromatic heterocycles. The van der Waals surface area contributed by atoms with Gasteiger partial charge in [-0.15, -0.1) is 0 Å². The average Bonchev–Trinajstić information content (AvgIpc) is 2.73. The lowest BCUT2D eigenvalue weighted by atomic mass is 10.1. The van der Waals surface area contributed by atoms with Crippen molar-refractivity contribution in [2.24, 2.45) is 11.7 Å². The number of aryl methyl sites for hydroxylation is 1. The predicted octanol–water partition coefficient (Wildman–Crippen LogP) is 1.13. The Balaban J connectivity index is 2.03. The van der Waals surface area contributed by atoms with Gasteiger partial charge < -0.3 is 10.6 Å². The molecule has 0 radical (unpaired) electrons. The van der Waals surface area contributed by atoms with Crippen molar-refractivity contribution in [3.05, 3.63) is 29.6 Å². The van der Waals surface area contributed by atoms with E-state index in [-0.39, 0.29) is 5.91 Å². The molecule has 0 bridgehead atoms. The summed E-state index contributed by atoms with van der Waals surface area (Å²) in [6, 6.07) is 4.19. The summed E-state index contributed by atoms with van der Waals surface area (Å²) in [5, 5.41) is 0. The quantitative estimate of drug-likeness (QED) is 0.871. The lowest BCUT2D eigenvalue weighted by molar-refractivity contribution is -0.131. The van der Waals surface area contributed by atoms with E-state index in [1.54, 1.807) is 6.20 Å². The van der Waals surface area contributed by atoms with Crippen LogP contribution in [0.15, 0.2) is 18.3 Å². The van der Waals surface area contributed by atoms with Gasteiger partial charge in [0.05, 0.1) is 12.1 Å². The van der Waals surface area contributed by atoms with Gasteiger partial charge in [-0.3, -0.25) is 9.78 Å². The van der Waals surface area contributed by atoms with Crippen LogP contribution in [-0.2, 0) is 11.2 Å². The van der Waals surface area contributed by atoms with Crippen molar-refractivity contribution >= 4 is 5.91 Å². The summed E-state index contributed by atoms with van der Waals surface area (Å²) in [6.45, 7) is 5.55. The number of nitrogens with zero attached hydrogens (tertiary/aromatic N) is 2. The van der Waals surface area contributed by atoms with Crippen LogP contribution in [0.25, 0.3) is 0 Å². The van der Waals surface area contributed by atoms with Crippen molar-refractivity contribution in [2.45, 2.75) is 32.7 Å². The van der Waals surface area contributed by atoms with Crippen LogP contribution in [0, 0.1) is 12.8 Å². The van der Waals surface area contributed by atoms with Gasteiger partial charge in [0.1, 0.15) is 0 Å². The Morgan fingerprint density at radius 3 is 3.00 bits per heavy atom. The van der Waals surface area contributed by atoms with E-state index in [0.717, 1.165) is 24.2 Å². The normalized spacial score (nSPS) is 23.4. The summed E-state index contributed by atoms with van der Waals surface area (Å²) >= 11 is 0. The van der Waals surface area contributed by atoms with Crippen LogP contribution in [0.2, 0.25) is 0 Å². The zero-order chi connectivity index (χ0) is 13.1. The molecule has 1 aliphatic rings. The summed E-state index contributed by atoms with van der Waals surface area (Å²) in [4.78, 5) is 18.5. The Hall–Kier alpha value is -1.42. The molecule has 0 saturated carbocycles. The van der Waals surface area contributed by atoms with Gasteiger partial charge >= 0.3 is 0 Å². The molecule has 1 amide bonds. The summed E-state index contributed by atoms with van der Waals surface area (Å²) < 4.78 is 0. The maximum atomic E-state index is 12.3. The van der Waals surface area contributed by atoms with E-state index in [2.05, 4.69) is 11.9 Å². The summed E-state index contributed by atoms with van der Waals surface area (Å²) in [5.41, 5.74) is 7.64. The van der Waals surface area contributed by atoms with Gasteiger partial charge in [-0.25, -0.2) is 0 Å². The average molecular weight is 247 g/mol. The van der Waals surface area contributed by atoms with E-state index in [0.29, 0.717) is 24.9 Å². The van der Waals surface area contributed by atoms with Gasteiger partial charge in [0.2, 0.25) is 5.91 Å². The number of hydrogen-bond acceptors (Lipinski definition) is 3. The molecule has 18 heavy (non-hydrogen) atoms. The van der Waals surface area contributed by atoms with Gasteiger partial charge in [-0.05, 0) is 44.4 Å². The Morgan fingerprint density at radius 2 is 2.39 bits per heavy atom. The molecule has 0 aromatic carbocycles. The molecule has 1 saturated heterocycles. The molecule has 0 spiro atoms. The highest BCUT2D eigenvalue weighted by Gasteiger charge is 2.31. The third-order valence-corrected chi connectivity index (χ3v) is 3.75. The van der Waals surface area contributed by atoms with E-state index in [4.69, 9.17) is 5.73 Å². The van der Waals surface area contributed by atoms with Crippen LogP contribution in [0.4, 0.5) is 0 Å². The van der Waals surface area contributed by atoms with E-state index in [1.165, 1.54) is 0 Å². The second kappa shape index (κ2) is 5.48. The van der Waals surface area contributed by atoms with Crippen molar-refractivity contribution in [3.63, 3.8) is 0 Å². The molecule has 2 rings (SSSR count). The predicted molar refractivity (Wildman–Crippen MR) is 71.0 cm³/mol. The fourth-order valence-corrected chi connectivity index (χ4v) is 2.61. The Kier molecular flexibility index (Phi) is 3.97. The number of pyridine rings is 1. The van der Waals surface area contributed by atoms with Gasteiger partial charge in [-0.2, -0.15) is 0 Å². The van der Waals surface area contributed by atoms with Gasteiger partial charge in [-0.1, -0.05) is 6.07 Å². The number of aromatic nitrogens is 1. The number of carbonyl (C=O) groups excluding carboxylic acids is 1. The van der Waals surface area contributed by atoms with Crippen molar-refractivity contribution in [1.82, 2.24) is 9.88 Å². The maximum absolute atomic E-state index is 12.3. The first-order chi connectivity index (χ1) is 8.61. The standard InChI is InChI=1S/C14H21N3O/c1-10-4-3-5-16-13(10)7-14(18)17-9-12(8-15)6-11(17)2/h3-5,11-12H,6-9,15H2,1-2H3. The first-order valence-electron chi connectivity index (χ1n) is 6.52. The molecule has 1 aromatic rings. The van der Waals surface area contributed by atoms with E-state index in [9.17, 15) is 4.79 Å². The van der Waals surface area contributed by atoms with Gasteiger partial charge in [0.25, 0.3) is 0 Å². The van der Waals surface area contributed by atoms with Crippen molar-refractivity contribution in [3.8, 4) is 0 Å². The minimum absolute atomic E-state index is 0.167. The van der Waals surface area contributed by atoms with Crippen molar-refractivity contribution in [1.29, 1.82) is 0 Å². The minimum atomic E-state index is 0.167. The van der Waals surface area contributed by atoms with Crippen LogP contribution in [0.1, 0.15) is 24.6 Å². The smallest absolute Gasteiger partial charge is 0.228 e. The zero-order valence-electron chi connectivity index (χ0n) is 11.1. The molecule has 1 aliphatic heterocycles. The molecular weight excluding hydrogens is 226 g/mol. The molecule has 2 atom stereocenters. The van der Waals surface area contributed by atoms with Crippen LogP contribution >= 0.6 is 0 Å². The number of hydrogen-bond donors (Lipinski definition) is 1. The fraction of sp³-hybridized carbons (Fsp3) is 0.571. The van der Waals surface area contributed by atoms with Crippen LogP contribution in [0.3, 0.4) is 0 Å². The summed E-state index contributed by atoms with van der Waals surface area (Å²) in [6.07, 6.45) is 3.16. The number of carbonyl (C=O) groups is 1. The fourth-order valence-electron chi connectivity index (χ4n) is 2.61. The Labute approximate surface area is 108 Å². The van der Waals surface area contributed by atoms with Crippen LogP contribution in [0.5, 0.6) is 0 Å². The van der Waals surface area contributed by atoms with Crippen molar-refractivity contribution < 1.29 is 4.79 Å². The number of amides is 1. The molecule has 2 heterocycles. The molecular formula is C14H21N3O. The SMILES string of the molecule is Cc1cccnc1CC(=O)N1CC(CN)CC1C. The highest BCUT2D eigenvalue weighted by atomic mass is 16.2. The first kappa shape index (κ1) is 13.0. The minimum Gasteiger partial charge on any atom is -0.339 e. The third kappa shape index (κ3) is 2.70. The lowest BCUT2D eigenvalue weighted by Crippen LogP contribution is -2.35. The van der Waals surface area contributed by atoms with E-state index >= 15 is 0 Å². The van der Waals surface area contributed by atoms with E-state index < -0.39 is 0 Å². The molecule has 4 heteroatoms. The topological polar surface area (TPSA) is 59.2 Å². The molecule has 1 fully saturated rings. The van der Waals surface area contributed by atoms with Gasteiger partial charge in [0, 0.05) is 18.8 Å². The zero-order valence-corrected chi connectivity index (χ0v) is 11.1. The number of rotatable bonds is 3. The molecule has 2 unspecified atom stereocenters. The molecule has 0 aliphatic carbocycles. The number of nitrogens with two attached hydrogens (primary N) is 1. The van der Waals surface area contributed by atoms with Crippen LogP contribution < -0.4 is 5.73 Å². The molecule has 4 nitrogen and oxygen atoms in total. The second-order valence-electron chi connectivity index (χ2n) is 5.18. The van der Waals surface area contributed by atoms with Gasteiger partial charge in [0.15, 0.2) is 0 Å². The third-order valence-electron chi connectivity index (χ3n) is 3.75. The van der Waals surface area contributed by atoms with Crippen LogP contribution in [-0.4, -0.2) is 34.9 Å². The maximum Gasteiger partial charge on any atom is 0.228 e. The summed E-state index contributed by atoms with van der Waals surface area (Å²) in [7, 11) is 0. The highest BCUT2D eigenvalue weighted by Crippen LogP contribution is 2.23. The lowest BCUT2D eigenvalue weighted by Gasteiger charge is -2.21. The molecule has 2 N–H and O–H groups in total. The monoisotopic (exact) mass is 247 g/mol. The Morgan fingerprint density at radius 1 is 1.61 bits per heavy atom. The summed E-state index contributed by atoms with van der Waals surface area (Å²) in [5.74, 6) is 0.619. The molecule has 98 valence electrons. The first-order valence-corrected chi connectivity index (χ1v) is 6.52. The Bertz CT molecular complexity index is 433. The van der Waals surface area contributed by atoms with E-state index in [1.807, 2.05) is 24.0 Å². The largest absolute Gasteiger partial charge is 0.339 e. The van der Waals surface area contributed by atoms with Crippen molar-refractivity contribution in [2.75, 3.05) is 13.1 Å². The second-order valence-corrected chi connectivity index (χ2v) is 5.18. The highest BCUT2D eigenvalue weighted by molar-refractivity contribution is 5.79.